The molecule has 0 saturated heterocycles. The maximum atomic E-state index is 11.9. The molecule has 0 fully saturated rings. The summed E-state index contributed by atoms with van der Waals surface area (Å²) in [6, 6.07) is 3.95. The van der Waals surface area contributed by atoms with Crippen molar-refractivity contribution in [3.8, 4) is 0 Å². The van der Waals surface area contributed by atoms with E-state index in [4.69, 9.17) is 0 Å². The zero-order valence-corrected chi connectivity index (χ0v) is 11.1. The first-order chi connectivity index (χ1) is 8.58. The number of aromatic nitrogens is 1. The minimum atomic E-state index is -0.0406. The van der Waals surface area contributed by atoms with Gasteiger partial charge < -0.3 is 0 Å². The molecule has 0 radical (unpaired) electrons. The molecule has 0 aromatic carbocycles. The molecule has 1 rings (SSSR count). The van der Waals surface area contributed by atoms with E-state index in [9.17, 15) is 4.79 Å². The third-order valence-electron chi connectivity index (χ3n) is 2.65. The van der Waals surface area contributed by atoms with Gasteiger partial charge >= 0.3 is 0 Å². The van der Waals surface area contributed by atoms with Crippen molar-refractivity contribution in [2.24, 2.45) is 0 Å². The van der Waals surface area contributed by atoms with Crippen molar-refractivity contribution in [1.29, 1.82) is 0 Å². The van der Waals surface area contributed by atoms with Gasteiger partial charge in [0.1, 0.15) is 0 Å². The van der Waals surface area contributed by atoms with Crippen LogP contribution >= 0.6 is 0 Å². The molecule has 0 aliphatic carbocycles. The highest BCUT2D eigenvalue weighted by molar-refractivity contribution is 5.85. The number of carbonyl (C=O) groups excluding carboxylic acids is 1. The lowest BCUT2D eigenvalue weighted by atomic mass is 10.4. The van der Waals surface area contributed by atoms with Gasteiger partial charge in [-0.1, -0.05) is 12.2 Å². The quantitative estimate of drug-likeness (QED) is 0.747. The number of hydrogen-bond acceptors (Lipinski definition) is 2. The Morgan fingerprint density at radius 1 is 1.28 bits per heavy atom. The molecule has 1 heterocycles. The number of rotatable bonds is 7. The van der Waals surface area contributed by atoms with Crippen LogP contribution in [0, 0.1) is 13.8 Å². The second-order valence-electron chi connectivity index (χ2n) is 4.26. The maximum absolute atomic E-state index is 11.9. The Morgan fingerprint density at radius 2 is 1.78 bits per heavy atom. The summed E-state index contributed by atoms with van der Waals surface area (Å²) in [6.07, 6.45) is 3.56. The topological polar surface area (TPSA) is 37.3 Å². The van der Waals surface area contributed by atoms with Crippen molar-refractivity contribution < 1.29 is 4.79 Å². The SMILES string of the molecule is C=CCN(CC=C)CC(=O)Nn1c(C)ccc1C. The molecule has 18 heavy (non-hydrogen) atoms. The Morgan fingerprint density at radius 3 is 2.22 bits per heavy atom. The molecule has 0 aliphatic heterocycles. The van der Waals surface area contributed by atoms with E-state index >= 15 is 0 Å². The third-order valence-corrected chi connectivity index (χ3v) is 2.65. The van der Waals surface area contributed by atoms with Crippen LogP contribution in [0.15, 0.2) is 37.4 Å². The summed E-state index contributed by atoms with van der Waals surface area (Å²) < 4.78 is 1.79. The molecular formula is C14H21N3O. The Hall–Kier alpha value is -1.81. The maximum Gasteiger partial charge on any atom is 0.252 e. The van der Waals surface area contributed by atoms with E-state index in [1.54, 1.807) is 16.8 Å². The molecule has 0 unspecified atom stereocenters. The number of nitrogens with one attached hydrogen (secondary N) is 1. The van der Waals surface area contributed by atoms with Crippen LogP contribution in [0.1, 0.15) is 11.4 Å². The molecule has 4 nitrogen and oxygen atoms in total. The summed E-state index contributed by atoms with van der Waals surface area (Å²) in [5.41, 5.74) is 4.90. The highest BCUT2D eigenvalue weighted by atomic mass is 16.2. The van der Waals surface area contributed by atoms with Gasteiger partial charge in [0, 0.05) is 24.5 Å². The molecule has 0 bridgehead atoms. The van der Waals surface area contributed by atoms with Gasteiger partial charge in [0.05, 0.1) is 6.54 Å². The summed E-state index contributed by atoms with van der Waals surface area (Å²) in [5, 5.41) is 0. The van der Waals surface area contributed by atoms with E-state index in [-0.39, 0.29) is 5.91 Å². The monoisotopic (exact) mass is 247 g/mol. The predicted molar refractivity (Wildman–Crippen MR) is 75.1 cm³/mol. The van der Waals surface area contributed by atoms with E-state index in [0.717, 1.165) is 11.4 Å². The third kappa shape index (κ3) is 3.89. The average molecular weight is 247 g/mol. The van der Waals surface area contributed by atoms with Crippen LogP contribution in [0.5, 0.6) is 0 Å². The molecule has 1 aromatic rings. The molecule has 1 N–H and O–H groups in total. The van der Waals surface area contributed by atoms with Crippen molar-refractivity contribution in [2.75, 3.05) is 25.1 Å². The lowest BCUT2D eigenvalue weighted by molar-refractivity contribution is -0.118. The molecule has 4 heteroatoms. The van der Waals surface area contributed by atoms with Gasteiger partial charge in [-0.3, -0.25) is 19.8 Å². The summed E-state index contributed by atoms with van der Waals surface area (Å²) >= 11 is 0. The molecular weight excluding hydrogens is 226 g/mol. The zero-order chi connectivity index (χ0) is 13.5. The van der Waals surface area contributed by atoms with E-state index in [1.807, 2.05) is 30.9 Å². The predicted octanol–water partition coefficient (Wildman–Crippen LogP) is 1.85. The van der Waals surface area contributed by atoms with Crippen LogP contribution in [0.2, 0.25) is 0 Å². The minimum absolute atomic E-state index is 0.0406. The number of carbonyl (C=O) groups is 1. The van der Waals surface area contributed by atoms with Gasteiger partial charge in [-0.15, -0.1) is 13.2 Å². The fraction of sp³-hybridized carbons (Fsp3) is 0.357. The molecule has 1 aromatic heterocycles. The Labute approximate surface area is 109 Å². The number of aryl methyl sites for hydroxylation is 2. The van der Waals surface area contributed by atoms with Crippen molar-refractivity contribution in [3.63, 3.8) is 0 Å². The van der Waals surface area contributed by atoms with Gasteiger partial charge in [-0.2, -0.15) is 0 Å². The highest BCUT2D eigenvalue weighted by Crippen LogP contribution is 2.04. The standard InChI is InChI=1S/C14H21N3O/c1-5-9-16(10-6-2)11-14(18)15-17-12(3)7-8-13(17)4/h5-8H,1-2,9-11H2,3-4H3,(H,15,18). The van der Waals surface area contributed by atoms with Crippen LogP contribution in [-0.2, 0) is 4.79 Å². The van der Waals surface area contributed by atoms with Gasteiger partial charge in [0.15, 0.2) is 0 Å². The van der Waals surface area contributed by atoms with Crippen molar-refractivity contribution in [3.05, 3.63) is 48.8 Å². The smallest absolute Gasteiger partial charge is 0.252 e. The molecule has 0 aliphatic rings. The largest absolute Gasteiger partial charge is 0.287 e. The first-order valence-electron chi connectivity index (χ1n) is 5.97. The van der Waals surface area contributed by atoms with E-state index in [2.05, 4.69) is 18.6 Å². The first kappa shape index (κ1) is 14.3. The van der Waals surface area contributed by atoms with Gasteiger partial charge in [0.25, 0.3) is 5.91 Å². The summed E-state index contributed by atoms with van der Waals surface area (Å²) in [7, 11) is 0. The number of amides is 1. The van der Waals surface area contributed by atoms with Gasteiger partial charge in [-0.05, 0) is 26.0 Å². The molecule has 98 valence electrons. The molecule has 1 amide bonds. The zero-order valence-electron chi connectivity index (χ0n) is 11.1. The Balaban J connectivity index is 2.60. The normalized spacial score (nSPS) is 10.4. The van der Waals surface area contributed by atoms with Crippen LogP contribution in [-0.4, -0.2) is 35.1 Å². The molecule has 0 spiro atoms. The van der Waals surface area contributed by atoms with Crippen molar-refractivity contribution >= 4 is 5.91 Å². The van der Waals surface area contributed by atoms with Crippen LogP contribution < -0.4 is 5.43 Å². The lowest BCUT2D eigenvalue weighted by Gasteiger charge is -2.19. The molecule has 0 saturated carbocycles. The Kier molecular flexibility index (Phi) is 5.39. The van der Waals surface area contributed by atoms with Crippen molar-refractivity contribution in [2.45, 2.75) is 13.8 Å². The second-order valence-corrected chi connectivity index (χ2v) is 4.26. The Bertz CT molecular complexity index is 405. The van der Waals surface area contributed by atoms with Gasteiger partial charge in [-0.25, -0.2) is 0 Å². The first-order valence-corrected chi connectivity index (χ1v) is 5.97. The summed E-state index contributed by atoms with van der Waals surface area (Å²) in [6.45, 7) is 12.9. The summed E-state index contributed by atoms with van der Waals surface area (Å²) in [5.74, 6) is -0.0406. The lowest BCUT2D eigenvalue weighted by Crippen LogP contribution is -2.37. The number of hydrogen-bond donors (Lipinski definition) is 1. The fourth-order valence-electron chi connectivity index (χ4n) is 1.78. The highest BCUT2D eigenvalue weighted by Gasteiger charge is 2.10. The number of nitrogens with zero attached hydrogens (tertiary/aromatic N) is 2. The van der Waals surface area contributed by atoms with E-state index in [1.165, 1.54) is 0 Å². The van der Waals surface area contributed by atoms with E-state index in [0.29, 0.717) is 19.6 Å². The van der Waals surface area contributed by atoms with Crippen LogP contribution in [0.25, 0.3) is 0 Å². The molecule has 0 atom stereocenters. The van der Waals surface area contributed by atoms with Crippen molar-refractivity contribution in [1.82, 2.24) is 9.58 Å². The summed E-state index contributed by atoms with van der Waals surface area (Å²) in [4.78, 5) is 13.9. The van der Waals surface area contributed by atoms with Crippen LogP contribution in [0.3, 0.4) is 0 Å². The van der Waals surface area contributed by atoms with Crippen LogP contribution in [0.4, 0.5) is 0 Å². The minimum Gasteiger partial charge on any atom is -0.287 e. The fourth-order valence-corrected chi connectivity index (χ4v) is 1.78. The average Bonchev–Trinajstić information content (AvgIpc) is 2.61. The van der Waals surface area contributed by atoms with Gasteiger partial charge in [0.2, 0.25) is 0 Å². The van der Waals surface area contributed by atoms with E-state index < -0.39 is 0 Å². The second kappa shape index (κ2) is 6.81.